The zero-order valence-corrected chi connectivity index (χ0v) is 10.1. The molecule has 0 bridgehead atoms. The Balaban J connectivity index is 0. The lowest BCUT2D eigenvalue weighted by Gasteiger charge is -2.10. The lowest BCUT2D eigenvalue weighted by atomic mass is 10.1. The summed E-state index contributed by atoms with van der Waals surface area (Å²) in [4.78, 5) is 0. The van der Waals surface area contributed by atoms with Crippen LogP contribution in [0.15, 0.2) is 0 Å². The van der Waals surface area contributed by atoms with Gasteiger partial charge in [-0.05, 0) is 5.92 Å². The van der Waals surface area contributed by atoms with E-state index in [0.29, 0.717) is 0 Å². The quantitative estimate of drug-likeness (QED) is 0.663. The molecule has 0 unspecified atom stereocenters. The van der Waals surface area contributed by atoms with Crippen LogP contribution in [-0.4, -0.2) is 19.6 Å². The van der Waals surface area contributed by atoms with Crippen LogP contribution in [0.5, 0.6) is 0 Å². The molecule has 0 saturated carbocycles. The second-order valence-corrected chi connectivity index (χ2v) is 3.56. The van der Waals surface area contributed by atoms with Crippen molar-refractivity contribution in [1.29, 1.82) is 0 Å². The highest BCUT2D eigenvalue weighted by Crippen LogP contribution is 2.16. The molecule has 14 heavy (non-hydrogen) atoms. The minimum atomic E-state index is -2.63. The van der Waals surface area contributed by atoms with Crippen molar-refractivity contribution in [2.75, 3.05) is 13.7 Å². The normalized spacial score (nSPS) is 11.1. The van der Waals surface area contributed by atoms with E-state index >= 15 is 0 Å². The van der Waals surface area contributed by atoms with Crippen molar-refractivity contribution in [3.63, 3.8) is 0 Å². The fourth-order valence-corrected chi connectivity index (χ4v) is 0.602. The summed E-state index contributed by atoms with van der Waals surface area (Å²) in [5, 5.41) is 0. The molecule has 0 aromatic heterocycles. The summed E-state index contributed by atoms with van der Waals surface area (Å²) in [6, 6.07) is 0. The van der Waals surface area contributed by atoms with Crippen molar-refractivity contribution in [3.8, 4) is 0 Å². The van der Waals surface area contributed by atoms with Crippen LogP contribution in [0.3, 0.4) is 0 Å². The van der Waals surface area contributed by atoms with Gasteiger partial charge in [-0.2, -0.15) is 0 Å². The van der Waals surface area contributed by atoms with Crippen LogP contribution >= 0.6 is 0 Å². The van der Waals surface area contributed by atoms with Crippen molar-refractivity contribution in [2.24, 2.45) is 5.92 Å². The third-order valence-electron chi connectivity index (χ3n) is 2.27. The maximum Gasteiger partial charge on any atom is 0.270 e. The van der Waals surface area contributed by atoms with Gasteiger partial charge in [0, 0.05) is 13.5 Å². The Morgan fingerprint density at radius 2 is 1.57 bits per heavy atom. The topological polar surface area (TPSA) is 9.23 Å². The monoisotopic (exact) mass is 210 g/mol. The van der Waals surface area contributed by atoms with Crippen molar-refractivity contribution >= 4 is 0 Å². The van der Waals surface area contributed by atoms with Crippen LogP contribution in [0.4, 0.5) is 8.78 Å². The first-order chi connectivity index (χ1) is 6.43. The highest BCUT2D eigenvalue weighted by Gasteiger charge is 2.25. The first kappa shape index (κ1) is 16.3. The van der Waals surface area contributed by atoms with E-state index in [1.54, 1.807) is 0 Å². The minimum absolute atomic E-state index is 0.152. The van der Waals surface area contributed by atoms with Gasteiger partial charge in [-0.25, -0.2) is 8.78 Å². The standard InChI is InChI=1S/C6H14.C5H10F2O/c1-4-6(3)5-2;1-3-5(6,7)4-8-2/h6H,4-5H2,1-3H3;3-4H2,1-2H3. The summed E-state index contributed by atoms with van der Waals surface area (Å²) in [7, 11) is 1.27. The SMILES string of the molecule is CCC(C)CC.CCC(F)(F)COC. The molecule has 0 spiro atoms. The van der Waals surface area contributed by atoms with E-state index in [9.17, 15) is 8.78 Å². The van der Waals surface area contributed by atoms with Crippen molar-refractivity contribution in [2.45, 2.75) is 52.9 Å². The molecule has 0 saturated heterocycles. The molecule has 0 N–H and O–H groups in total. The Hall–Kier alpha value is -0.180. The van der Waals surface area contributed by atoms with Crippen molar-refractivity contribution in [3.05, 3.63) is 0 Å². The molecule has 0 aromatic carbocycles. The van der Waals surface area contributed by atoms with Crippen LogP contribution in [0, 0.1) is 5.92 Å². The molecule has 0 aliphatic heterocycles. The third-order valence-corrected chi connectivity index (χ3v) is 2.27. The largest absolute Gasteiger partial charge is 0.378 e. The predicted molar refractivity (Wildman–Crippen MR) is 56.9 cm³/mol. The molecule has 3 heteroatoms. The van der Waals surface area contributed by atoms with E-state index in [2.05, 4.69) is 25.5 Å². The summed E-state index contributed by atoms with van der Waals surface area (Å²) >= 11 is 0. The smallest absolute Gasteiger partial charge is 0.270 e. The number of ether oxygens (including phenoxy) is 1. The molecule has 0 atom stereocenters. The highest BCUT2D eigenvalue weighted by molar-refractivity contribution is 4.59. The van der Waals surface area contributed by atoms with Crippen LogP contribution in [0.25, 0.3) is 0 Å². The summed E-state index contributed by atoms with van der Waals surface area (Å²) in [5.74, 6) is -1.70. The fraction of sp³-hybridized carbons (Fsp3) is 1.00. The van der Waals surface area contributed by atoms with Crippen LogP contribution in [0.2, 0.25) is 0 Å². The molecule has 1 nitrogen and oxygen atoms in total. The molecule has 0 amide bonds. The van der Waals surface area contributed by atoms with Crippen molar-refractivity contribution in [1.82, 2.24) is 0 Å². The zero-order chi connectivity index (χ0) is 11.6. The van der Waals surface area contributed by atoms with E-state index in [4.69, 9.17) is 0 Å². The number of hydrogen-bond donors (Lipinski definition) is 0. The molecule has 0 aliphatic rings. The van der Waals surface area contributed by atoms with Gasteiger partial charge in [0.05, 0.1) is 0 Å². The summed E-state index contributed by atoms with van der Waals surface area (Å²) in [6.45, 7) is 7.70. The Morgan fingerprint density at radius 3 is 1.64 bits per heavy atom. The van der Waals surface area contributed by atoms with Gasteiger partial charge in [0.15, 0.2) is 0 Å². The Labute approximate surface area is 86.8 Å². The number of halogens is 2. The van der Waals surface area contributed by atoms with Gasteiger partial charge in [-0.3, -0.25) is 0 Å². The highest BCUT2D eigenvalue weighted by atomic mass is 19.3. The Morgan fingerprint density at radius 1 is 1.14 bits per heavy atom. The van der Waals surface area contributed by atoms with E-state index in [-0.39, 0.29) is 6.42 Å². The van der Waals surface area contributed by atoms with Gasteiger partial charge < -0.3 is 4.74 Å². The maximum absolute atomic E-state index is 12.0. The first-order valence-electron chi connectivity index (χ1n) is 5.30. The lowest BCUT2D eigenvalue weighted by molar-refractivity contribution is -0.0661. The lowest BCUT2D eigenvalue weighted by Crippen LogP contribution is -2.20. The average molecular weight is 210 g/mol. The van der Waals surface area contributed by atoms with Crippen molar-refractivity contribution < 1.29 is 13.5 Å². The van der Waals surface area contributed by atoms with Gasteiger partial charge in [0.2, 0.25) is 0 Å². The fourth-order valence-electron chi connectivity index (χ4n) is 0.602. The van der Waals surface area contributed by atoms with Gasteiger partial charge in [0.25, 0.3) is 5.92 Å². The Kier molecular flexibility index (Phi) is 10.9. The molecule has 0 aromatic rings. The molecular weight excluding hydrogens is 186 g/mol. The summed E-state index contributed by atoms with van der Waals surface area (Å²) < 4.78 is 28.3. The summed E-state index contributed by atoms with van der Waals surface area (Å²) in [6.07, 6.45) is 2.51. The van der Waals surface area contributed by atoms with E-state index < -0.39 is 12.5 Å². The van der Waals surface area contributed by atoms with E-state index in [0.717, 1.165) is 5.92 Å². The van der Waals surface area contributed by atoms with E-state index in [1.165, 1.54) is 26.9 Å². The number of alkyl halides is 2. The molecule has 0 aliphatic carbocycles. The molecule has 0 rings (SSSR count). The zero-order valence-electron chi connectivity index (χ0n) is 10.1. The van der Waals surface area contributed by atoms with Gasteiger partial charge in [-0.1, -0.05) is 40.5 Å². The summed E-state index contributed by atoms with van der Waals surface area (Å²) in [5.41, 5.74) is 0. The second-order valence-electron chi connectivity index (χ2n) is 3.56. The Bertz CT molecular complexity index is 112. The van der Waals surface area contributed by atoms with Crippen LogP contribution in [0.1, 0.15) is 47.0 Å². The molecule has 88 valence electrons. The van der Waals surface area contributed by atoms with Gasteiger partial charge in [0.1, 0.15) is 6.61 Å². The second kappa shape index (κ2) is 9.38. The van der Waals surface area contributed by atoms with E-state index in [1.807, 2.05) is 0 Å². The molecular formula is C11H24F2O. The van der Waals surface area contributed by atoms with Gasteiger partial charge in [-0.15, -0.1) is 0 Å². The average Bonchev–Trinajstić information content (AvgIpc) is 2.17. The van der Waals surface area contributed by atoms with Crippen LogP contribution in [-0.2, 0) is 4.74 Å². The van der Waals surface area contributed by atoms with Gasteiger partial charge >= 0.3 is 0 Å². The number of hydrogen-bond acceptors (Lipinski definition) is 1. The number of methoxy groups -OCH3 is 1. The molecule has 0 heterocycles. The maximum atomic E-state index is 12.0. The first-order valence-corrected chi connectivity index (χ1v) is 5.30. The number of rotatable bonds is 5. The molecule has 0 radical (unpaired) electrons. The predicted octanol–water partition coefficient (Wildman–Crippen LogP) is 4.12. The third kappa shape index (κ3) is 11.8. The van der Waals surface area contributed by atoms with Crippen LogP contribution < -0.4 is 0 Å². The minimum Gasteiger partial charge on any atom is -0.378 e. The molecule has 0 fully saturated rings.